The Kier molecular flexibility index (Phi) is 4.88. The fraction of sp³-hybridized carbons (Fsp3) is 0.304. The average molecular weight is 395 g/mol. The number of benzene rings is 3. The van der Waals surface area contributed by atoms with Gasteiger partial charge in [-0.15, -0.1) is 0 Å². The molecule has 152 valence electrons. The molecule has 29 heavy (non-hydrogen) atoms. The number of hydrogen-bond acceptors (Lipinski definition) is 6. The van der Waals surface area contributed by atoms with Gasteiger partial charge in [-0.25, -0.2) is 0 Å². The molecule has 1 heterocycles. The van der Waals surface area contributed by atoms with Crippen LogP contribution in [-0.4, -0.2) is 42.6 Å². The minimum Gasteiger partial charge on any atom is -0.493 e. The molecule has 6 heteroatoms. The van der Waals surface area contributed by atoms with E-state index in [9.17, 15) is 0 Å². The number of hydrogen-bond donors (Lipinski definition) is 0. The first kappa shape index (κ1) is 19.2. The summed E-state index contributed by atoms with van der Waals surface area (Å²) in [5.41, 5.74) is 4.24. The molecule has 0 fully saturated rings. The Balaban J connectivity index is 2.06. The molecular weight excluding hydrogens is 370 g/mol. The Morgan fingerprint density at radius 1 is 0.690 bits per heavy atom. The maximum atomic E-state index is 5.88. The predicted molar refractivity (Wildman–Crippen MR) is 114 cm³/mol. The zero-order valence-electron chi connectivity index (χ0n) is 17.5. The largest absolute Gasteiger partial charge is 0.493 e. The number of anilines is 1. The average Bonchev–Trinajstić information content (AvgIpc) is 2.76. The van der Waals surface area contributed by atoms with E-state index in [1.165, 1.54) is 0 Å². The number of nitrogens with zero attached hydrogens (tertiary/aromatic N) is 1. The molecule has 6 nitrogen and oxygen atoms in total. The highest BCUT2D eigenvalue weighted by molar-refractivity contribution is 6.05. The number of rotatable bonds is 5. The minimum atomic E-state index is -0.268. The number of methoxy groups -OCH3 is 5. The molecule has 1 atom stereocenters. The van der Waals surface area contributed by atoms with Gasteiger partial charge in [-0.1, -0.05) is 12.1 Å². The van der Waals surface area contributed by atoms with Crippen molar-refractivity contribution in [2.75, 3.05) is 47.5 Å². The third-order valence-corrected chi connectivity index (χ3v) is 5.54. The van der Waals surface area contributed by atoms with Gasteiger partial charge in [0, 0.05) is 30.7 Å². The summed E-state index contributed by atoms with van der Waals surface area (Å²) in [7, 11) is 10.3. The highest BCUT2D eigenvalue weighted by Gasteiger charge is 2.32. The Labute approximate surface area is 170 Å². The summed E-state index contributed by atoms with van der Waals surface area (Å²) in [5.74, 6) is 2.75. The van der Waals surface area contributed by atoms with E-state index in [4.69, 9.17) is 23.7 Å². The van der Waals surface area contributed by atoms with Crippen molar-refractivity contribution in [2.45, 2.75) is 6.23 Å². The van der Waals surface area contributed by atoms with Crippen LogP contribution < -0.4 is 23.8 Å². The molecule has 1 aliphatic heterocycles. The van der Waals surface area contributed by atoms with Gasteiger partial charge in [-0.3, -0.25) is 0 Å². The van der Waals surface area contributed by atoms with Crippen molar-refractivity contribution in [3.8, 4) is 34.1 Å². The van der Waals surface area contributed by atoms with E-state index >= 15 is 0 Å². The molecule has 0 saturated heterocycles. The van der Waals surface area contributed by atoms with E-state index in [1.54, 1.807) is 35.5 Å². The van der Waals surface area contributed by atoms with E-state index in [1.807, 2.05) is 31.3 Å². The summed E-state index contributed by atoms with van der Waals surface area (Å²) in [5, 5.41) is 2.12. The summed E-state index contributed by atoms with van der Waals surface area (Å²) in [6, 6.07) is 12.2. The predicted octanol–water partition coefficient (Wildman–Crippen LogP) is 4.64. The lowest BCUT2D eigenvalue weighted by Gasteiger charge is -2.38. The van der Waals surface area contributed by atoms with Gasteiger partial charge in [-0.05, 0) is 35.2 Å². The SMILES string of the molecule is COc1cc2c(cc1OC)C(OC)N(C)c1c-2ccc2cc(OC)c(OC)cc12. The molecule has 3 aromatic rings. The van der Waals surface area contributed by atoms with Crippen LogP contribution in [-0.2, 0) is 4.74 Å². The van der Waals surface area contributed by atoms with Gasteiger partial charge in [0.2, 0.25) is 0 Å². The van der Waals surface area contributed by atoms with Crippen molar-refractivity contribution < 1.29 is 23.7 Å². The van der Waals surface area contributed by atoms with Gasteiger partial charge in [0.1, 0.15) is 0 Å². The fourth-order valence-corrected chi connectivity index (χ4v) is 4.18. The minimum absolute atomic E-state index is 0.268. The van der Waals surface area contributed by atoms with E-state index in [0.717, 1.165) is 33.2 Å². The van der Waals surface area contributed by atoms with Crippen LogP contribution in [0.5, 0.6) is 23.0 Å². The van der Waals surface area contributed by atoms with Crippen molar-refractivity contribution in [3.63, 3.8) is 0 Å². The Morgan fingerprint density at radius 3 is 1.90 bits per heavy atom. The summed E-state index contributed by atoms with van der Waals surface area (Å²) < 4.78 is 28.0. The van der Waals surface area contributed by atoms with Crippen LogP contribution in [0.3, 0.4) is 0 Å². The molecular formula is C23H25NO5. The topological polar surface area (TPSA) is 49.4 Å². The Bertz CT molecular complexity index is 1080. The molecule has 3 aromatic carbocycles. The normalized spacial score (nSPS) is 15.0. The van der Waals surface area contributed by atoms with Crippen LogP contribution in [0.1, 0.15) is 11.8 Å². The number of fused-ring (bicyclic) bond motifs is 5. The molecule has 0 saturated carbocycles. The van der Waals surface area contributed by atoms with Crippen LogP contribution in [0, 0.1) is 0 Å². The van der Waals surface area contributed by atoms with Crippen molar-refractivity contribution in [1.29, 1.82) is 0 Å². The lowest BCUT2D eigenvalue weighted by molar-refractivity contribution is 0.103. The van der Waals surface area contributed by atoms with E-state index in [0.29, 0.717) is 23.0 Å². The highest BCUT2D eigenvalue weighted by Crippen LogP contribution is 2.51. The molecule has 0 spiro atoms. The molecule has 0 aliphatic carbocycles. The van der Waals surface area contributed by atoms with Crippen LogP contribution in [0.25, 0.3) is 21.9 Å². The summed E-state index contributed by atoms with van der Waals surface area (Å²) in [4.78, 5) is 2.14. The second-order valence-electron chi connectivity index (χ2n) is 6.88. The molecule has 1 aliphatic rings. The maximum Gasteiger partial charge on any atom is 0.161 e. The smallest absolute Gasteiger partial charge is 0.161 e. The van der Waals surface area contributed by atoms with Gasteiger partial charge in [-0.2, -0.15) is 0 Å². The van der Waals surface area contributed by atoms with Gasteiger partial charge in [0.25, 0.3) is 0 Å². The van der Waals surface area contributed by atoms with Crippen LogP contribution in [0.15, 0.2) is 36.4 Å². The lowest BCUT2D eigenvalue weighted by atomic mass is 9.89. The standard InChI is InChI=1S/C23H25NO5/c1-24-22-14(8-7-13-9-18(25-2)19(26-3)10-15(13)22)16-11-20(27-4)21(28-5)12-17(16)23(24)29-6/h7-12,23H,1-6H3. The summed E-state index contributed by atoms with van der Waals surface area (Å²) >= 11 is 0. The second kappa shape index (κ2) is 7.37. The fourth-order valence-electron chi connectivity index (χ4n) is 4.18. The van der Waals surface area contributed by atoms with Gasteiger partial charge in [0.05, 0.1) is 34.1 Å². The Morgan fingerprint density at radius 2 is 1.28 bits per heavy atom. The van der Waals surface area contributed by atoms with E-state index in [2.05, 4.69) is 17.0 Å². The monoisotopic (exact) mass is 395 g/mol. The zero-order valence-corrected chi connectivity index (χ0v) is 17.5. The third kappa shape index (κ3) is 2.83. The van der Waals surface area contributed by atoms with Crippen LogP contribution in [0.2, 0.25) is 0 Å². The van der Waals surface area contributed by atoms with Gasteiger partial charge >= 0.3 is 0 Å². The highest BCUT2D eigenvalue weighted by atomic mass is 16.5. The Hall–Kier alpha value is -3.12. The van der Waals surface area contributed by atoms with E-state index in [-0.39, 0.29) is 6.23 Å². The lowest BCUT2D eigenvalue weighted by Crippen LogP contribution is -2.30. The van der Waals surface area contributed by atoms with Crippen molar-refractivity contribution >= 4 is 16.5 Å². The quantitative estimate of drug-likeness (QED) is 0.628. The molecule has 0 bridgehead atoms. The molecule has 4 rings (SSSR count). The van der Waals surface area contributed by atoms with Crippen molar-refractivity contribution in [2.24, 2.45) is 0 Å². The van der Waals surface area contributed by atoms with Crippen LogP contribution in [0.4, 0.5) is 5.69 Å². The van der Waals surface area contributed by atoms with E-state index < -0.39 is 0 Å². The molecule has 0 amide bonds. The second-order valence-corrected chi connectivity index (χ2v) is 6.88. The van der Waals surface area contributed by atoms with Gasteiger partial charge < -0.3 is 28.6 Å². The van der Waals surface area contributed by atoms with Crippen LogP contribution >= 0.6 is 0 Å². The first-order valence-electron chi connectivity index (χ1n) is 9.28. The summed E-state index contributed by atoms with van der Waals surface area (Å²) in [6.07, 6.45) is -0.268. The molecule has 0 radical (unpaired) electrons. The number of ether oxygens (including phenoxy) is 5. The third-order valence-electron chi connectivity index (χ3n) is 5.54. The molecule has 0 aromatic heterocycles. The van der Waals surface area contributed by atoms with Crippen molar-refractivity contribution in [1.82, 2.24) is 0 Å². The zero-order chi connectivity index (χ0) is 20.7. The van der Waals surface area contributed by atoms with Gasteiger partial charge in [0.15, 0.2) is 29.2 Å². The first-order chi connectivity index (χ1) is 14.1. The molecule has 0 N–H and O–H groups in total. The summed E-state index contributed by atoms with van der Waals surface area (Å²) in [6.45, 7) is 0. The van der Waals surface area contributed by atoms with Crippen molar-refractivity contribution in [3.05, 3.63) is 42.0 Å². The maximum absolute atomic E-state index is 5.88. The molecule has 1 unspecified atom stereocenters. The first-order valence-corrected chi connectivity index (χ1v) is 9.28.